The first-order valence-electron chi connectivity index (χ1n) is 8.51. The summed E-state index contributed by atoms with van der Waals surface area (Å²) < 4.78 is 11.2. The van der Waals surface area contributed by atoms with Crippen LogP contribution < -0.4 is 20.1 Å². The third kappa shape index (κ3) is 3.89. The second-order valence-corrected chi connectivity index (χ2v) is 6.87. The van der Waals surface area contributed by atoms with Crippen molar-refractivity contribution in [1.82, 2.24) is 10.6 Å². The highest BCUT2D eigenvalue weighted by Gasteiger charge is 2.34. The van der Waals surface area contributed by atoms with E-state index in [4.69, 9.17) is 9.47 Å². The number of urea groups is 1. The molecule has 0 radical (unpaired) electrons. The van der Waals surface area contributed by atoms with Crippen LogP contribution in [-0.2, 0) is 0 Å². The van der Waals surface area contributed by atoms with Gasteiger partial charge in [-0.15, -0.1) is 0 Å². The van der Waals surface area contributed by atoms with Gasteiger partial charge in [0.05, 0.1) is 6.04 Å². The van der Waals surface area contributed by atoms with Crippen LogP contribution in [0.25, 0.3) is 0 Å². The Morgan fingerprint density at radius 3 is 2.43 bits per heavy atom. The van der Waals surface area contributed by atoms with E-state index in [9.17, 15) is 4.79 Å². The summed E-state index contributed by atoms with van der Waals surface area (Å²) in [6.07, 6.45) is 2.30. The highest BCUT2D eigenvalue weighted by molar-refractivity contribution is 5.75. The summed E-state index contributed by atoms with van der Waals surface area (Å²) in [5.41, 5.74) is 1.09. The molecule has 1 aromatic carbocycles. The number of hydrogen-bond donors (Lipinski definition) is 2. The van der Waals surface area contributed by atoms with Crippen LogP contribution in [0.15, 0.2) is 18.2 Å². The van der Waals surface area contributed by atoms with E-state index in [1.807, 2.05) is 25.1 Å². The average Bonchev–Trinajstić information content (AvgIpc) is 3.36. The third-order valence-electron chi connectivity index (χ3n) is 4.66. The minimum atomic E-state index is -0.0991. The molecule has 3 rings (SSSR count). The quantitative estimate of drug-likeness (QED) is 0.876. The van der Waals surface area contributed by atoms with Crippen LogP contribution in [0.3, 0.4) is 0 Å². The summed E-state index contributed by atoms with van der Waals surface area (Å²) in [6, 6.07) is 6.06. The van der Waals surface area contributed by atoms with Crippen molar-refractivity contribution in [3.63, 3.8) is 0 Å². The lowest BCUT2D eigenvalue weighted by molar-refractivity contribution is 0.171. The van der Waals surface area contributed by atoms with Crippen LogP contribution >= 0.6 is 0 Å². The summed E-state index contributed by atoms with van der Waals surface area (Å²) in [5, 5.41) is 6.16. The van der Waals surface area contributed by atoms with Gasteiger partial charge in [0.2, 0.25) is 0 Å². The van der Waals surface area contributed by atoms with Gasteiger partial charge in [-0.3, -0.25) is 0 Å². The Hall–Kier alpha value is -1.91. The molecule has 0 spiro atoms. The Kier molecular flexibility index (Phi) is 4.64. The molecule has 5 heteroatoms. The van der Waals surface area contributed by atoms with Crippen molar-refractivity contribution in [1.29, 1.82) is 0 Å². The topological polar surface area (TPSA) is 59.6 Å². The number of benzene rings is 1. The van der Waals surface area contributed by atoms with Gasteiger partial charge in [-0.1, -0.05) is 19.9 Å². The molecule has 126 valence electrons. The van der Waals surface area contributed by atoms with E-state index < -0.39 is 0 Å². The second kappa shape index (κ2) is 6.69. The summed E-state index contributed by atoms with van der Waals surface area (Å²) >= 11 is 0. The van der Waals surface area contributed by atoms with Crippen LogP contribution in [-0.4, -0.2) is 25.3 Å². The van der Waals surface area contributed by atoms with Gasteiger partial charge in [0.25, 0.3) is 0 Å². The standard InChI is InChI=1S/C18H26N2O3/c1-11(2)12(3)19-18(21)20-17(13-4-5-13)14-6-7-15-16(10-14)23-9-8-22-15/h6-7,10-13,17H,4-5,8-9H2,1-3H3,(H2,19,20,21). The third-order valence-corrected chi connectivity index (χ3v) is 4.66. The Morgan fingerprint density at radius 2 is 1.78 bits per heavy atom. The molecule has 5 nitrogen and oxygen atoms in total. The SMILES string of the molecule is CC(C)C(C)NC(=O)NC(c1ccc2c(c1)OCCO2)C1CC1. The van der Waals surface area contributed by atoms with Gasteiger partial charge in [-0.25, -0.2) is 4.79 Å². The van der Waals surface area contributed by atoms with Crippen molar-refractivity contribution in [3.05, 3.63) is 23.8 Å². The number of ether oxygens (including phenoxy) is 2. The highest BCUT2D eigenvalue weighted by atomic mass is 16.6. The molecule has 1 aliphatic carbocycles. The van der Waals surface area contributed by atoms with Gasteiger partial charge in [0.15, 0.2) is 11.5 Å². The van der Waals surface area contributed by atoms with Crippen molar-refractivity contribution in [2.75, 3.05) is 13.2 Å². The summed E-state index contributed by atoms with van der Waals surface area (Å²) in [4.78, 5) is 12.3. The van der Waals surface area contributed by atoms with Gasteiger partial charge < -0.3 is 20.1 Å². The Morgan fingerprint density at radius 1 is 1.09 bits per heavy atom. The van der Waals surface area contributed by atoms with E-state index in [-0.39, 0.29) is 18.1 Å². The zero-order valence-electron chi connectivity index (χ0n) is 14.1. The predicted octanol–water partition coefficient (Wildman–Crippen LogP) is 3.25. The molecule has 0 bridgehead atoms. The van der Waals surface area contributed by atoms with E-state index in [1.165, 1.54) is 0 Å². The van der Waals surface area contributed by atoms with Crippen molar-refractivity contribution < 1.29 is 14.3 Å². The maximum Gasteiger partial charge on any atom is 0.315 e. The van der Waals surface area contributed by atoms with Gasteiger partial charge in [-0.05, 0) is 49.3 Å². The van der Waals surface area contributed by atoms with Crippen LogP contribution in [0.1, 0.15) is 45.2 Å². The van der Waals surface area contributed by atoms with Gasteiger partial charge in [-0.2, -0.15) is 0 Å². The normalized spacial score (nSPS) is 19.1. The van der Waals surface area contributed by atoms with Crippen molar-refractivity contribution >= 4 is 6.03 Å². The predicted molar refractivity (Wildman–Crippen MR) is 88.9 cm³/mol. The van der Waals surface area contributed by atoms with E-state index in [0.717, 1.165) is 29.9 Å². The van der Waals surface area contributed by atoms with Gasteiger partial charge >= 0.3 is 6.03 Å². The number of hydrogen-bond acceptors (Lipinski definition) is 3. The van der Waals surface area contributed by atoms with Gasteiger partial charge in [0, 0.05) is 6.04 Å². The molecule has 23 heavy (non-hydrogen) atoms. The number of carbonyl (C=O) groups is 1. The Labute approximate surface area is 137 Å². The molecule has 1 fully saturated rings. The molecule has 2 aliphatic rings. The summed E-state index contributed by atoms with van der Waals surface area (Å²) in [5.74, 6) is 2.48. The molecule has 2 unspecified atom stereocenters. The molecular formula is C18H26N2O3. The monoisotopic (exact) mass is 318 g/mol. The zero-order valence-corrected chi connectivity index (χ0v) is 14.1. The number of fused-ring (bicyclic) bond motifs is 1. The van der Waals surface area contributed by atoms with Gasteiger partial charge in [0.1, 0.15) is 13.2 Å². The summed E-state index contributed by atoms with van der Waals surface area (Å²) in [6.45, 7) is 7.39. The lowest BCUT2D eigenvalue weighted by Gasteiger charge is -2.24. The molecule has 0 aromatic heterocycles. The average molecular weight is 318 g/mol. The molecule has 1 aliphatic heterocycles. The van der Waals surface area contributed by atoms with Crippen LogP contribution in [0.4, 0.5) is 4.79 Å². The molecule has 1 saturated carbocycles. The molecule has 1 heterocycles. The fourth-order valence-corrected chi connectivity index (χ4v) is 2.71. The number of nitrogens with one attached hydrogen (secondary N) is 2. The molecule has 2 atom stereocenters. The van der Waals surface area contributed by atoms with E-state index in [2.05, 4.69) is 24.5 Å². The minimum Gasteiger partial charge on any atom is -0.486 e. The number of carbonyl (C=O) groups excluding carboxylic acids is 1. The lowest BCUT2D eigenvalue weighted by atomic mass is 10.0. The van der Waals surface area contributed by atoms with Crippen molar-refractivity contribution in [2.24, 2.45) is 11.8 Å². The number of rotatable bonds is 5. The highest BCUT2D eigenvalue weighted by Crippen LogP contribution is 2.43. The first-order chi connectivity index (χ1) is 11.0. The molecular weight excluding hydrogens is 292 g/mol. The zero-order chi connectivity index (χ0) is 16.4. The van der Waals surface area contributed by atoms with Crippen LogP contribution in [0.2, 0.25) is 0 Å². The smallest absolute Gasteiger partial charge is 0.315 e. The fourth-order valence-electron chi connectivity index (χ4n) is 2.71. The molecule has 0 saturated heterocycles. The molecule has 1 aromatic rings. The molecule has 2 N–H and O–H groups in total. The Balaban J connectivity index is 1.70. The lowest BCUT2D eigenvalue weighted by Crippen LogP contribution is -2.44. The fraction of sp³-hybridized carbons (Fsp3) is 0.611. The maximum atomic E-state index is 12.3. The summed E-state index contributed by atoms with van der Waals surface area (Å²) in [7, 11) is 0. The van der Waals surface area contributed by atoms with Crippen LogP contribution in [0, 0.1) is 11.8 Å². The first kappa shape index (κ1) is 16.0. The van der Waals surface area contributed by atoms with E-state index in [0.29, 0.717) is 25.0 Å². The second-order valence-electron chi connectivity index (χ2n) is 6.87. The maximum absolute atomic E-state index is 12.3. The van der Waals surface area contributed by atoms with Crippen molar-refractivity contribution in [2.45, 2.75) is 45.7 Å². The Bertz CT molecular complexity index is 569. The van der Waals surface area contributed by atoms with E-state index >= 15 is 0 Å². The van der Waals surface area contributed by atoms with Crippen molar-refractivity contribution in [3.8, 4) is 11.5 Å². The minimum absolute atomic E-state index is 0.0326. The number of amides is 2. The first-order valence-corrected chi connectivity index (χ1v) is 8.51. The molecule has 2 amide bonds. The van der Waals surface area contributed by atoms with E-state index in [1.54, 1.807) is 0 Å². The van der Waals surface area contributed by atoms with Crippen LogP contribution in [0.5, 0.6) is 11.5 Å². The largest absolute Gasteiger partial charge is 0.486 e.